The minimum atomic E-state index is -1.12. The van der Waals surface area contributed by atoms with Crippen LogP contribution in [0.3, 0.4) is 0 Å². The van der Waals surface area contributed by atoms with Gasteiger partial charge in [0.1, 0.15) is 6.04 Å². The van der Waals surface area contributed by atoms with E-state index in [2.05, 4.69) is 0 Å². The van der Waals surface area contributed by atoms with Crippen LogP contribution in [0.1, 0.15) is 40.0 Å². The molecule has 1 heterocycles. The summed E-state index contributed by atoms with van der Waals surface area (Å²) >= 11 is 0. The van der Waals surface area contributed by atoms with E-state index in [1.807, 2.05) is 0 Å². The number of hydrogen-bond donors (Lipinski definition) is 2. The topological polar surface area (TPSA) is 101 Å². The smallest absolute Gasteiger partial charge is 0.310 e. The van der Waals surface area contributed by atoms with E-state index in [1.165, 1.54) is 4.90 Å². The minimum Gasteiger partial charge on any atom is -0.481 e. The van der Waals surface area contributed by atoms with Crippen molar-refractivity contribution in [2.24, 2.45) is 17.1 Å². The first kappa shape index (κ1) is 15.5. The zero-order valence-corrected chi connectivity index (χ0v) is 11.7. The second kappa shape index (κ2) is 5.59. The van der Waals surface area contributed by atoms with E-state index in [9.17, 15) is 19.5 Å². The molecule has 0 aromatic rings. The molecule has 2 amide bonds. The van der Waals surface area contributed by atoms with Gasteiger partial charge in [-0.25, -0.2) is 0 Å². The van der Waals surface area contributed by atoms with Crippen LogP contribution in [0.15, 0.2) is 0 Å². The normalized spacial score (nSPS) is 22.3. The lowest BCUT2D eigenvalue weighted by Crippen LogP contribution is -2.47. The van der Waals surface area contributed by atoms with Crippen molar-refractivity contribution in [1.82, 2.24) is 4.90 Å². The molecule has 2 atom stereocenters. The molecule has 0 spiro atoms. The number of carbonyl (C=O) groups is 3. The van der Waals surface area contributed by atoms with Gasteiger partial charge in [0.05, 0.1) is 5.41 Å². The molecule has 3 N–H and O–H groups in total. The van der Waals surface area contributed by atoms with Crippen LogP contribution in [0.5, 0.6) is 0 Å². The summed E-state index contributed by atoms with van der Waals surface area (Å²) in [6, 6.07) is -0.585. The molecule has 1 saturated heterocycles. The third kappa shape index (κ3) is 3.05. The van der Waals surface area contributed by atoms with Gasteiger partial charge in [0, 0.05) is 13.0 Å². The van der Waals surface area contributed by atoms with Gasteiger partial charge in [0.25, 0.3) is 0 Å². The lowest BCUT2D eigenvalue weighted by molar-refractivity contribution is -0.156. The minimum absolute atomic E-state index is 0.107. The highest BCUT2D eigenvalue weighted by Crippen LogP contribution is 2.33. The van der Waals surface area contributed by atoms with Crippen molar-refractivity contribution in [2.45, 2.75) is 46.1 Å². The lowest BCUT2D eigenvalue weighted by Gasteiger charge is -2.31. The third-order valence-corrected chi connectivity index (χ3v) is 4.18. The zero-order chi connectivity index (χ0) is 14.8. The SMILES string of the molecule is CC(C)C(C)(CC(=O)N1CCCC1C(N)=O)C(=O)O. The molecule has 0 saturated carbocycles. The van der Waals surface area contributed by atoms with Gasteiger partial charge >= 0.3 is 5.97 Å². The molecule has 0 aromatic carbocycles. The number of rotatable bonds is 5. The quantitative estimate of drug-likeness (QED) is 0.763. The Balaban J connectivity index is 2.84. The molecular weight excluding hydrogens is 248 g/mol. The fourth-order valence-electron chi connectivity index (χ4n) is 2.30. The molecule has 0 radical (unpaired) electrons. The van der Waals surface area contributed by atoms with Gasteiger partial charge in [-0.3, -0.25) is 14.4 Å². The Morgan fingerprint density at radius 3 is 2.42 bits per heavy atom. The standard InChI is InChI=1S/C13H22N2O4/c1-8(2)13(3,12(18)19)7-10(16)15-6-4-5-9(15)11(14)17/h8-9H,4-7H2,1-3H3,(H2,14,17)(H,18,19). The van der Waals surface area contributed by atoms with Crippen LogP contribution in [0.2, 0.25) is 0 Å². The van der Waals surface area contributed by atoms with Crippen molar-refractivity contribution in [2.75, 3.05) is 6.54 Å². The van der Waals surface area contributed by atoms with Gasteiger partial charge < -0.3 is 15.7 Å². The summed E-state index contributed by atoms with van der Waals surface area (Å²) in [5.74, 6) is -2.00. The maximum Gasteiger partial charge on any atom is 0.310 e. The number of carbonyl (C=O) groups excluding carboxylic acids is 2. The molecule has 0 aromatic heterocycles. The Kier molecular flexibility index (Phi) is 4.55. The molecule has 1 rings (SSSR count). The number of aliphatic carboxylic acids is 1. The van der Waals surface area contributed by atoms with Gasteiger partial charge in [-0.05, 0) is 25.7 Å². The summed E-state index contributed by atoms with van der Waals surface area (Å²) in [5.41, 5.74) is 4.14. The van der Waals surface area contributed by atoms with E-state index in [1.54, 1.807) is 20.8 Å². The fraction of sp³-hybridized carbons (Fsp3) is 0.769. The molecule has 6 heteroatoms. The highest BCUT2D eigenvalue weighted by Gasteiger charge is 2.42. The van der Waals surface area contributed by atoms with Crippen molar-refractivity contribution in [3.8, 4) is 0 Å². The summed E-state index contributed by atoms with van der Waals surface area (Å²) in [7, 11) is 0. The van der Waals surface area contributed by atoms with E-state index in [0.717, 1.165) is 6.42 Å². The second-order valence-electron chi connectivity index (χ2n) is 5.70. The van der Waals surface area contributed by atoms with Crippen LogP contribution in [0.4, 0.5) is 0 Å². The van der Waals surface area contributed by atoms with Crippen molar-refractivity contribution in [3.05, 3.63) is 0 Å². The van der Waals surface area contributed by atoms with Gasteiger partial charge in [-0.2, -0.15) is 0 Å². The van der Waals surface area contributed by atoms with E-state index >= 15 is 0 Å². The molecule has 0 bridgehead atoms. The monoisotopic (exact) mass is 270 g/mol. The van der Waals surface area contributed by atoms with Gasteiger partial charge in [-0.1, -0.05) is 13.8 Å². The van der Waals surface area contributed by atoms with Gasteiger partial charge in [-0.15, -0.1) is 0 Å². The predicted molar refractivity (Wildman–Crippen MR) is 69.1 cm³/mol. The number of nitrogens with zero attached hydrogens (tertiary/aromatic N) is 1. The second-order valence-corrected chi connectivity index (χ2v) is 5.70. The number of primary amides is 1. The van der Waals surface area contributed by atoms with Crippen LogP contribution in [-0.4, -0.2) is 40.4 Å². The first-order valence-electron chi connectivity index (χ1n) is 6.52. The van der Waals surface area contributed by atoms with E-state index in [0.29, 0.717) is 13.0 Å². The summed E-state index contributed by atoms with van der Waals surface area (Å²) in [6.07, 6.45) is 1.18. The molecule has 2 unspecified atom stereocenters. The molecule has 1 aliphatic heterocycles. The van der Waals surface area contributed by atoms with Crippen molar-refractivity contribution in [3.63, 3.8) is 0 Å². The number of carboxylic acid groups (broad SMARTS) is 1. The summed E-state index contributed by atoms with van der Waals surface area (Å²) < 4.78 is 0. The first-order valence-corrected chi connectivity index (χ1v) is 6.52. The van der Waals surface area contributed by atoms with Crippen LogP contribution >= 0.6 is 0 Å². The number of amides is 2. The Morgan fingerprint density at radius 2 is 2.00 bits per heavy atom. The largest absolute Gasteiger partial charge is 0.481 e. The maximum atomic E-state index is 12.2. The molecular formula is C13H22N2O4. The Bertz CT molecular complexity index is 394. The molecule has 19 heavy (non-hydrogen) atoms. The molecule has 6 nitrogen and oxygen atoms in total. The van der Waals surface area contributed by atoms with Gasteiger partial charge in [0.2, 0.25) is 11.8 Å². The van der Waals surface area contributed by atoms with Crippen LogP contribution in [0, 0.1) is 11.3 Å². The number of hydrogen-bond acceptors (Lipinski definition) is 3. The first-order chi connectivity index (χ1) is 8.70. The number of nitrogens with two attached hydrogens (primary N) is 1. The lowest BCUT2D eigenvalue weighted by atomic mass is 9.76. The van der Waals surface area contributed by atoms with E-state index < -0.39 is 23.3 Å². The molecule has 0 aliphatic carbocycles. The van der Waals surface area contributed by atoms with E-state index in [-0.39, 0.29) is 18.2 Å². The summed E-state index contributed by atoms with van der Waals surface area (Å²) in [4.78, 5) is 36.3. The van der Waals surface area contributed by atoms with Crippen LogP contribution in [-0.2, 0) is 14.4 Å². The predicted octanol–water partition coefficient (Wildman–Crippen LogP) is 0.600. The average Bonchev–Trinajstić information content (AvgIpc) is 2.76. The number of carboxylic acids is 1. The Morgan fingerprint density at radius 1 is 1.42 bits per heavy atom. The Hall–Kier alpha value is -1.59. The van der Waals surface area contributed by atoms with Gasteiger partial charge in [0.15, 0.2) is 0 Å². The molecule has 1 aliphatic rings. The fourth-order valence-corrected chi connectivity index (χ4v) is 2.30. The highest BCUT2D eigenvalue weighted by molar-refractivity contribution is 5.90. The molecule has 1 fully saturated rings. The maximum absolute atomic E-state index is 12.2. The van der Waals surface area contributed by atoms with Crippen LogP contribution in [0.25, 0.3) is 0 Å². The summed E-state index contributed by atoms with van der Waals surface area (Å²) in [6.45, 7) is 5.58. The zero-order valence-electron chi connectivity index (χ0n) is 11.7. The Labute approximate surface area is 112 Å². The highest BCUT2D eigenvalue weighted by atomic mass is 16.4. The van der Waals surface area contributed by atoms with Crippen LogP contribution < -0.4 is 5.73 Å². The average molecular weight is 270 g/mol. The summed E-state index contributed by atoms with van der Waals surface area (Å²) in [5, 5.41) is 9.31. The number of likely N-dealkylation sites (tertiary alicyclic amines) is 1. The molecule has 108 valence electrons. The van der Waals surface area contributed by atoms with E-state index in [4.69, 9.17) is 5.73 Å². The van der Waals surface area contributed by atoms with Crippen molar-refractivity contribution < 1.29 is 19.5 Å². The van der Waals surface area contributed by atoms with Crippen molar-refractivity contribution >= 4 is 17.8 Å². The van der Waals surface area contributed by atoms with Crippen molar-refractivity contribution in [1.29, 1.82) is 0 Å². The third-order valence-electron chi connectivity index (χ3n) is 4.18.